The number of nitrogens with one attached hydrogen (secondary N) is 2. The number of fused-ring (bicyclic) bond motifs is 3. The number of unbranched alkanes of at least 4 members (excludes halogenated alkanes) is 1. The van der Waals surface area contributed by atoms with E-state index in [1.807, 2.05) is 12.3 Å². The summed E-state index contributed by atoms with van der Waals surface area (Å²) in [6.45, 7) is 2.19. The van der Waals surface area contributed by atoms with Gasteiger partial charge in [-0.15, -0.1) is 0 Å². The van der Waals surface area contributed by atoms with E-state index in [2.05, 4.69) is 23.0 Å². The molecule has 0 atom stereocenters. The van der Waals surface area contributed by atoms with E-state index in [-0.39, 0.29) is 5.43 Å². The van der Waals surface area contributed by atoms with Crippen molar-refractivity contribution >= 4 is 21.8 Å². The van der Waals surface area contributed by atoms with Crippen molar-refractivity contribution < 1.29 is 0 Å². The Morgan fingerprint density at radius 1 is 1.17 bits per heavy atom. The lowest BCUT2D eigenvalue weighted by atomic mass is 10.1. The van der Waals surface area contributed by atoms with Crippen molar-refractivity contribution in [3.63, 3.8) is 0 Å². The number of benzene rings is 1. The van der Waals surface area contributed by atoms with Crippen molar-refractivity contribution in [2.45, 2.75) is 26.2 Å². The number of aromatic amines is 2. The van der Waals surface area contributed by atoms with Gasteiger partial charge in [-0.1, -0.05) is 13.3 Å². The van der Waals surface area contributed by atoms with Crippen LogP contribution >= 0.6 is 0 Å². The second-order valence-corrected chi connectivity index (χ2v) is 4.68. The Balaban J connectivity index is 2.27. The van der Waals surface area contributed by atoms with Crippen LogP contribution in [0.25, 0.3) is 21.8 Å². The Bertz CT molecular complexity index is 752. The minimum Gasteiger partial charge on any atom is -0.363 e. The maximum atomic E-state index is 11.4. The Kier molecular flexibility index (Phi) is 2.67. The summed E-state index contributed by atoms with van der Waals surface area (Å²) in [7, 11) is 0. The molecule has 0 saturated heterocycles. The Morgan fingerprint density at radius 3 is 2.89 bits per heavy atom. The van der Waals surface area contributed by atoms with Crippen molar-refractivity contribution in [1.29, 1.82) is 0 Å². The fourth-order valence-corrected chi connectivity index (χ4v) is 2.46. The van der Waals surface area contributed by atoms with Gasteiger partial charge < -0.3 is 9.97 Å². The third-order valence-electron chi connectivity index (χ3n) is 3.40. The maximum absolute atomic E-state index is 11.4. The molecule has 0 unspecified atom stereocenters. The van der Waals surface area contributed by atoms with Crippen molar-refractivity contribution in [2.75, 3.05) is 0 Å². The first-order valence-corrected chi connectivity index (χ1v) is 6.41. The smallest absolute Gasteiger partial charge is 0.180 e. The highest BCUT2D eigenvalue weighted by Crippen LogP contribution is 2.26. The standard InChI is InChI=1S/C15H16N2O/c1-2-3-4-13-15-12(7-8-16-13)11-6-5-10(18)9-14(11)17-15/h5-9,16-17H,2-4H2,1H3. The van der Waals surface area contributed by atoms with E-state index in [0.29, 0.717) is 0 Å². The molecule has 3 nitrogen and oxygen atoms in total. The zero-order chi connectivity index (χ0) is 12.5. The Labute approximate surface area is 105 Å². The second-order valence-electron chi connectivity index (χ2n) is 4.68. The van der Waals surface area contributed by atoms with Crippen molar-refractivity contribution in [1.82, 2.24) is 9.97 Å². The van der Waals surface area contributed by atoms with Gasteiger partial charge in [0.2, 0.25) is 0 Å². The number of rotatable bonds is 3. The van der Waals surface area contributed by atoms with Gasteiger partial charge in [-0.25, -0.2) is 0 Å². The molecule has 0 aliphatic carbocycles. The van der Waals surface area contributed by atoms with Crippen molar-refractivity contribution in [2.24, 2.45) is 0 Å². The molecule has 0 spiro atoms. The maximum Gasteiger partial charge on any atom is 0.180 e. The Morgan fingerprint density at radius 2 is 2.06 bits per heavy atom. The molecule has 0 saturated carbocycles. The molecular formula is C15H16N2O. The lowest BCUT2D eigenvalue weighted by molar-refractivity contribution is 0.781. The van der Waals surface area contributed by atoms with Gasteiger partial charge in [0.1, 0.15) is 0 Å². The first-order valence-electron chi connectivity index (χ1n) is 6.41. The van der Waals surface area contributed by atoms with E-state index in [4.69, 9.17) is 0 Å². The molecule has 0 amide bonds. The van der Waals surface area contributed by atoms with Gasteiger partial charge in [-0.05, 0) is 31.0 Å². The van der Waals surface area contributed by atoms with Crippen LogP contribution in [-0.4, -0.2) is 9.97 Å². The molecule has 2 N–H and O–H groups in total. The number of aryl methyl sites for hydroxylation is 1. The summed E-state index contributed by atoms with van der Waals surface area (Å²) < 4.78 is 0. The minimum atomic E-state index is 0.0492. The highest BCUT2D eigenvalue weighted by molar-refractivity contribution is 6.07. The van der Waals surface area contributed by atoms with E-state index >= 15 is 0 Å². The lowest BCUT2D eigenvalue weighted by Gasteiger charge is -2.02. The van der Waals surface area contributed by atoms with Crippen LogP contribution < -0.4 is 5.43 Å². The van der Waals surface area contributed by atoms with Crippen molar-refractivity contribution in [3.05, 3.63) is 46.4 Å². The third-order valence-corrected chi connectivity index (χ3v) is 3.40. The SMILES string of the molecule is CCCCc1[nH]ccc2c1[nH]c1cc(=O)ccc12. The van der Waals surface area contributed by atoms with Gasteiger partial charge in [-0.3, -0.25) is 4.79 Å². The van der Waals surface area contributed by atoms with E-state index in [1.54, 1.807) is 12.1 Å². The van der Waals surface area contributed by atoms with Gasteiger partial charge >= 0.3 is 0 Å². The van der Waals surface area contributed by atoms with Crippen LogP contribution in [0.2, 0.25) is 0 Å². The molecule has 18 heavy (non-hydrogen) atoms. The van der Waals surface area contributed by atoms with Crippen LogP contribution in [0, 0.1) is 0 Å². The zero-order valence-electron chi connectivity index (χ0n) is 10.4. The molecule has 92 valence electrons. The first kappa shape index (κ1) is 11.1. The summed E-state index contributed by atoms with van der Waals surface area (Å²) in [5.41, 5.74) is 3.33. The number of hydrogen-bond donors (Lipinski definition) is 2. The van der Waals surface area contributed by atoms with Gasteiger partial charge in [-0.2, -0.15) is 0 Å². The molecule has 1 aromatic carbocycles. The summed E-state index contributed by atoms with van der Waals surface area (Å²) in [5.74, 6) is 0. The molecule has 0 fully saturated rings. The largest absolute Gasteiger partial charge is 0.363 e. The van der Waals surface area contributed by atoms with Crippen LogP contribution in [0.15, 0.2) is 35.3 Å². The summed E-state index contributed by atoms with van der Waals surface area (Å²) in [6, 6.07) is 7.26. The van der Waals surface area contributed by atoms with Gasteiger partial charge in [0.15, 0.2) is 5.43 Å². The number of aromatic nitrogens is 2. The van der Waals surface area contributed by atoms with E-state index in [0.717, 1.165) is 29.3 Å². The van der Waals surface area contributed by atoms with Crippen LogP contribution in [0.1, 0.15) is 25.5 Å². The van der Waals surface area contributed by atoms with Gasteiger partial charge in [0.05, 0.1) is 11.0 Å². The monoisotopic (exact) mass is 240 g/mol. The summed E-state index contributed by atoms with van der Waals surface area (Å²) >= 11 is 0. The topological polar surface area (TPSA) is 48.6 Å². The molecule has 2 heterocycles. The fraction of sp³-hybridized carbons (Fsp3) is 0.267. The zero-order valence-corrected chi connectivity index (χ0v) is 10.4. The van der Waals surface area contributed by atoms with Crippen molar-refractivity contribution in [3.8, 4) is 0 Å². The highest BCUT2D eigenvalue weighted by Gasteiger charge is 2.07. The van der Waals surface area contributed by atoms with E-state index < -0.39 is 0 Å². The average molecular weight is 240 g/mol. The number of hydrogen-bond acceptors (Lipinski definition) is 1. The van der Waals surface area contributed by atoms with Crippen LogP contribution in [0.4, 0.5) is 0 Å². The first-order chi connectivity index (χ1) is 8.79. The van der Waals surface area contributed by atoms with Crippen LogP contribution in [0.3, 0.4) is 0 Å². The average Bonchev–Trinajstić information content (AvgIpc) is 2.74. The molecule has 2 aromatic heterocycles. The predicted molar refractivity (Wildman–Crippen MR) is 75.0 cm³/mol. The van der Waals surface area contributed by atoms with E-state index in [1.165, 1.54) is 17.5 Å². The fourth-order valence-electron chi connectivity index (χ4n) is 2.46. The Hall–Kier alpha value is -2.03. The lowest BCUT2D eigenvalue weighted by Crippen LogP contribution is -1.93. The molecule has 0 aliphatic heterocycles. The number of pyridine rings is 1. The molecule has 3 rings (SSSR count). The van der Waals surface area contributed by atoms with Crippen LogP contribution in [-0.2, 0) is 6.42 Å². The molecule has 0 bridgehead atoms. The van der Waals surface area contributed by atoms with Crippen LogP contribution in [0.5, 0.6) is 0 Å². The normalized spacial score (nSPS) is 11.4. The molecule has 0 radical (unpaired) electrons. The highest BCUT2D eigenvalue weighted by atomic mass is 16.1. The quantitative estimate of drug-likeness (QED) is 0.724. The summed E-state index contributed by atoms with van der Waals surface area (Å²) in [4.78, 5) is 18.1. The van der Waals surface area contributed by atoms with E-state index in [9.17, 15) is 4.79 Å². The third kappa shape index (κ3) is 1.72. The second kappa shape index (κ2) is 4.33. The van der Waals surface area contributed by atoms with Gasteiger partial charge in [0.25, 0.3) is 0 Å². The van der Waals surface area contributed by atoms with Gasteiger partial charge in [0, 0.05) is 28.7 Å². The minimum absolute atomic E-state index is 0.0492. The molecular weight excluding hydrogens is 224 g/mol. The summed E-state index contributed by atoms with van der Waals surface area (Å²) in [5, 5.41) is 2.31. The molecule has 3 heteroatoms. The number of H-pyrrole nitrogens is 2. The molecule has 0 aliphatic rings. The molecule has 3 aromatic rings. The summed E-state index contributed by atoms with van der Waals surface area (Å²) in [6.07, 6.45) is 5.35. The predicted octanol–water partition coefficient (Wildman–Crippen LogP) is 3.35.